The molecule has 2 heterocycles. The Balaban J connectivity index is 1.85. The summed E-state index contributed by atoms with van der Waals surface area (Å²) in [5, 5.41) is 11.1. The highest BCUT2D eigenvalue weighted by Crippen LogP contribution is 2.31. The zero-order valence-corrected chi connectivity index (χ0v) is 13.8. The quantitative estimate of drug-likeness (QED) is 0.932. The second-order valence-electron chi connectivity index (χ2n) is 5.51. The highest BCUT2D eigenvalue weighted by Gasteiger charge is 2.16. The first-order valence-corrected chi connectivity index (χ1v) is 8.27. The number of β-amino-alcohol motifs (C(OH)–C–C–N with tert-alkyl or cyclic N) is 1. The number of nitrogens with zero attached hydrogens (tertiary/aromatic N) is 3. The third-order valence-corrected chi connectivity index (χ3v) is 4.86. The summed E-state index contributed by atoms with van der Waals surface area (Å²) >= 11 is 12.4. The molecule has 0 amide bonds. The Hall–Kier alpha value is -1.07. The SMILES string of the molecule is OCCN1CCCN(c2ccc3ccc(Cl)c(Cl)c3n2)CC1. The fraction of sp³-hybridized carbons (Fsp3) is 0.438. The maximum absolute atomic E-state index is 9.07. The van der Waals surface area contributed by atoms with Crippen molar-refractivity contribution in [1.29, 1.82) is 0 Å². The van der Waals surface area contributed by atoms with Crippen LogP contribution in [0, 0.1) is 0 Å². The molecule has 0 bridgehead atoms. The summed E-state index contributed by atoms with van der Waals surface area (Å²) in [6, 6.07) is 7.81. The molecule has 1 N–H and O–H groups in total. The predicted molar refractivity (Wildman–Crippen MR) is 92.1 cm³/mol. The molecular formula is C16H19Cl2N3O. The smallest absolute Gasteiger partial charge is 0.129 e. The van der Waals surface area contributed by atoms with E-state index in [1.165, 1.54) is 0 Å². The van der Waals surface area contributed by atoms with Gasteiger partial charge >= 0.3 is 0 Å². The first-order valence-electron chi connectivity index (χ1n) is 7.52. The van der Waals surface area contributed by atoms with Crippen molar-refractivity contribution in [2.75, 3.05) is 44.2 Å². The van der Waals surface area contributed by atoms with Gasteiger partial charge in [-0.25, -0.2) is 4.98 Å². The summed E-state index contributed by atoms with van der Waals surface area (Å²) in [7, 11) is 0. The van der Waals surface area contributed by atoms with Crippen molar-refractivity contribution < 1.29 is 5.11 Å². The second-order valence-corrected chi connectivity index (χ2v) is 6.29. The van der Waals surface area contributed by atoms with Crippen LogP contribution in [0.3, 0.4) is 0 Å². The number of fused-ring (bicyclic) bond motifs is 1. The van der Waals surface area contributed by atoms with Crippen LogP contribution in [0.15, 0.2) is 24.3 Å². The fourth-order valence-electron chi connectivity index (χ4n) is 2.86. The van der Waals surface area contributed by atoms with Crippen molar-refractivity contribution in [1.82, 2.24) is 9.88 Å². The van der Waals surface area contributed by atoms with Gasteiger partial charge in [0.25, 0.3) is 0 Å². The van der Waals surface area contributed by atoms with Crippen LogP contribution in [-0.4, -0.2) is 54.3 Å². The van der Waals surface area contributed by atoms with Gasteiger partial charge in [-0.15, -0.1) is 0 Å². The maximum atomic E-state index is 9.07. The van der Waals surface area contributed by atoms with E-state index in [4.69, 9.17) is 33.3 Å². The van der Waals surface area contributed by atoms with E-state index in [1.807, 2.05) is 18.2 Å². The van der Waals surface area contributed by atoms with Crippen LogP contribution in [0.1, 0.15) is 6.42 Å². The van der Waals surface area contributed by atoms with Crippen LogP contribution in [0.25, 0.3) is 10.9 Å². The number of benzene rings is 1. The van der Waals surface area contributed by atoms with Crippen LogP contribution in [-0.2, 0) is 0 Å². The average Bonchev–Trinajstić information content (AvgIpc) is 2.77. The Bertz CT molecular complexity index is 665. The molecule has 0 saturated carbocycles. The van der Waals surface area contributed by atoms with Crippen molar-refractivity contribution in [3.8, 4) is 0 Å². The average molecular weight is 340 g/mol. The van der Waals surface area contributed by atoms with Crippen molar-refractivity contribution in [2.24, 2.45) is 0 Å². The summed E-state index contributed by atoms with van der Waals surface area (Å²) in [5.74, 6) is 0.933. The molecule has 2 aromatic rings. The molecule has 0 unspecified atom stereocenters. The minimum Gasteiger partial charge on any atom is -0.395 e. The molecule has 22 heavy (non-hydrogen) atoms. The van der Waals surface area contributed by atoms with Crippen LogP contribution in [0.5, 0.6) is 0 Å². The number of hydrogen-bond acceptors (Lipinski definition) is 4. The molecule has 6 heteroatoms. The van der Waals surface area contributed by atoms with Crippen LogP contribution >= 0.6 is 23.2 Å². The van der Waals surface area contributed by atoms with Gasteiger partial charge in [0, 0.05) is 31.6 Å². The van der Waals surface area contributed by atoms with Crippen molar-refractivity contribution in [3.05, 3.63) is 34.3 Å². The van der Waals surface area contributed by atoms with Crippen LogP contribution in [0.4, 0.5) is 5.82 Å². The molecular weight excluding hydrogens is 321 g/mol. The number of hydrogen-bond donors (Lipinski definition) is 1. The Morgan fingerprint density at radius 2 is 1.86 bits per heavy atom. The van der Waals surface area contributed by atoms with Gasteiger partial charge < -0.3 is 10.0 Å². The third-order valence-electron chi connectivity index (χ3n) is 4.07. The number of aromatic nitrogens is 1. The maximum Gasteiger partial charge on any atom is 0.129 e. The van der Waals surface area contributed by atoms with Gasteiger partial charge in [-0.2, -0.15) is 0 Å². The zero-order chi connectivity index (χ0) is 15.5. The van der Waals surface area contributed by atoms with E-state index in [1.54, 1.807) is 6.07 Å². The van der Waals surface area contributed by atoms with E-state index in [0.717, 1.165) is 55.9 Å². The monoisotopic (exact) mass is 339 g/mol. The molecule has 3 rings (SSSR count). The first-order chi connectivity index (χ1) is 10.7. The summed E-state index contributed by atoms with van der Waals surface area (Å²) in [5.41, 5.74) is 0.753. The van der Waals surface area contributed by atoms with E-state index in [9.17, 15) is 0 Å². The predicted octanol–water partition coefficient (Wildman–Crippen LogP) is 3.05. The number of rotatable bonds is 3. The summed E-state index contributed by atoms with van der Waals surface area (Å²) in [6.45, 7) is 4.75. The Kier molecular flexibility index (Phi) is 5.03. The molecule has 4 nitrogen and oxygen atoms in total. The van der Waals surface area contributed by atoms with Gasteiger partial charge in [0.1, 0.15) is 5.82 Å². The Labute approximate surface area is 140 Å². The van der Waals surface area contributed by atoms with Crippen molar-refractivity contribution >= 4 is 39.9 Å². The molecule has 1 aliphatic heterocycles. The van der Waals surface area contributed by atoms with E-state index < -0.39 is 0 Å². The standard InChI is InChI=1S/C16H19Cl2N3O/c17-13-4-2-12-3-5-14(19-16(12)15(13)18)21-7-1-6-20(8-9-21)10-11-22/h2-5,22H,1,6-11H2. The minimum absolute atomic E-state index is 0.211. The number of pyridine rings is 1. The molecule has 1 fully saturated rings. The highest BCUT2D eigenvalue weighted by atomic mass is 35.5. The summed E-state index contributed by atoms with van der Waals surface area (Å²) < 4.78 is 0. The topological polar surface area (TPSA) is 39.6 Å². The lowest BCUT2D eigenvalue weighted by molar-refractivity contribution is 0.204. The van der Waals surface area contributed by atoms with Gasteiger partial charge in [-0.3, -0.25) is 4.90 Å². The molecule has 1 aliphatic rings. The molecule has 1 aromatic heterocycles. The number of aliphatic hydroxyl groups is 1. The zero-order valence-electron chi connectivity index (χ0n) is 12.3. The molecule has 1 saturated heterocycles. The van der Waals surface area contributed by atoms with Crippen LogP contribution in [0.2, 0.25) is 10.0 Å². The van der Waals surface area contributed by atoms with Crippen LogP contribution < -0.4 is 4.90 Å². The minimum atomic E-state index is 0.211. The lowest BCUT2D eigenvalue weighted by Gasteiger charge is -2.22. The number of halogens is 2. The number of anilines is 1. The summed E-state index contributed by atoms with van der Waals surface area (Å²) in [6.07, 6.45) is 1.06. The lowest BCUT2D eigenvalue weighted by Crippen LogP contribution is -2.32. The van der Waals surface area contributed by atoms with Gasteiger partial charge in [-0.1, -0.05) is 29.3 Å². The second kappa shape index (κ2) is 7.01. The molecule has 0 atom stereocenters. The number of aliphatic hydroxyl groups excluding tert-OH is 1. The fourth-order valence-corrected chi connectivity index (χ4v) is 3.23. The Morgan fingerprint density at radius 3 is 2.68 bits per heavy atom. The van der Waals surface area contributed by atoms with E-state index in [0.29, 0.717) is 10.0 Å². The van der Waals surface area contributed by atoms with E-state index in [-0.39, 0.29) is 6.61 Å². The molecule has 0 spiro atoms. The van der Waals surface area contributed by atoms with Gasteiger partial charge in [0.15, 0.2) is 0 Å². The largest absolute Gasteiger partial charge is 0.395 e. The Morgan fingerprint density at radius 1 is 1.05 bits per heavy atom. The van der Waals surface area contributed by atoms with Crippen molar-refractivity contribution in [3.63, 3.8) is 0 Å². The summed E-state index contributed by atoms with van der Waals surface area (Å²) in [4.78, 5) is 9.27. The van der Waals surface area contributed by atoms with E-state index in [2.05, 4.69) is 9.80 Å². The van der Waals surface area contributed by atoms with Gasteiger partial charge in [-0.05, 0) is 31.2 Å². The lowest BCUT2D eigenvalue weighted by atomic mass is 10.2. The molecule has 0 aliphatic carbocycles. The first kappa shape index (κ1) is 15.8. The molecule has 0 radical (unpaired) electrons. The molecule has 1 aromatic carbocycles. The third kappa shape index (κ3) is 3.30. The highest BCUT2D eigenvalue weighted by molar-refractivity contribution is 6.45. The normalized spacial score (nSPS) is 17.0. The van der Waals surface area contributed by atoms with Crippen molar-refractivity contribution in [2.45, 2.75) is 6.42 Å². The van der Waals surface area contributed by atoms with E-state index >= 15 is 0 Å². The molecule has 118 valence electrons. The van der Waals surface area contributed by atoms with Gasteiger partial charge in [0.2, 0.25) is 0 Å². The van der Waals surface area contributed by atoms with Gasteiger partial charge in [0.05, 0.1) is 22.2 Å².